The molecule has 0 aliphatic carbocycles. The van der Waals surface area contributed by atoms with Gasteiger partial charge in [-0.05, 0) is 30.2 Å². The van der Waals surface area contributed by atoms with Crippen LogP contribution in [0.25, 0.3) is 0 Å². The number of hydrogen-bond acceptors (Lipinski definition) is 4. The molecule has 0 fully saturated rings. The fourth-order valence-corrected chi connectivity index (χ4v) is 3.01. The van der Waals surface area contributed by atoms with Crippen LogP contribution in [0.4, 0.5) is 0 Å². The van der Waals surface area contributed by atoms with E-state index >= 15 is 0 Å². The number of carboxylic acid groups (broad SMARTS) is 1. The van der Waals surface area contributed by atoms with Crippen molar-refractivity contribution in [2.45, 2.75) is 38.1 Å². The van der Waals surface area contributed by atoms with Crippen molar-refractivity contribution >= 4 is 21.9 Å². The van der Waals surface area contributed by atoms with E-state index in [0.29, 0.717) is 6.42 Å². The number of benzene rings is 1. The second-order valence-corrected chi connectivity index (χ2v) is 6.97. The smallest absolute Gasteiger partial charge is 0.326 e. The highest BCUT2D eigenvalue weighted by atomic mass is 32.2. The highest BCUT2D eigenvalue weighted by Crippen LogP contribution is 2.12. The summed E-state index contributed by atoms with van der Waals surface area (Å²) in [5, 5.41) is 11.6. The van der Waals surface area contributed by atoms with Gasteiger partial charge in [0.15, 0.2) is 0 Å². The van der Waals surface area contributed by atoms with E-state index in [2.05, 4.69) is 10.0 Å². The van der Waals surface area contributed by atoms with Gasteiger partial charge in [0.2, 0.25) is 10.0 Å². The second kappa shape index (κ2) is 8.07. The Morgan fingerprint density at radius 3 is 2.17 bits per heavy atom. The predicted octanol–water partition coefficient (Wildman–Crippen LogP) is 1.21. The summed E-state index contributed by atoms with van der Waals surface area (Å²) in [6.45, 7) is 5.51. The molecule has 23 heavy (non-hydrogen) atoms. The molecule has 8 heteroatoms. The lowest BCUT2D eigenvalue weighted by molar-refractivity contribution is -0.140. The van der Waals surface area contributed by atoms with Gasteiger partial charge in [0.05, 0.1) is 4.90 Å². The molecule has 0 aromatic heterocycles. The Hall–Kier alpha value is -1.93. The van der Waals surface area contributed by atoms with Crippen LogP contribution in [-0.4, -0.2) is 38.0 Å². The number of sulfonamides is 1. The second-order valence-electron chi connectivity index (χ2n) is 5.20. The molecule has 1 rings (SSSR count). The first-order valence-electron chi connectivity index (χ1n) is 7.36. The fraction of sp³-hybridized carbons (Fsp3) is 0.467. The highest BCUT2D eigenvalue weighted by Gasteiger charge is 2.25. The third-order valence-electron chi connectivity index (χ3n) is 3.53. The van der Waals surface area contributed by atoms with E-state index in [1.165, 1.54) is 24.3 Å². The summed E-state index contributed by atoms with van der Waals surface area (Å²) in [6.07, 6.45) is 0.608. The summed E-state index contributed by atoms with van der Waals surface area (Å²) in [7, 11) is -3.58. The van der Waals surface area contributed by atoms with Crippen LogP contribution in [0.1, 0.15) is 37.6 Å². The number of carboxylic acids is 1. The molecule has 1 aromatic carbocycles. The van der Waals surface area contributed by atoms with Gasteiger partial charge < -0.3 is 10.4 Å². The quantitative estimate of drug-likeness (QED) is 0.657. The van der Waals surface area contributed by atoms with E-state index in [1.807, 2.05) is 6.92 Å². The van der Waals surface area contributed by atoms with Gasteiger partial charge in [-0.15, -0.1) is 0 Å². The van der Waals surface area contributed by atoms with Crippen molar-refractivity contribution in [2.75, 3.05) is 6.54 Å². The molecular weight excluding hydrogens is 320 g/mol. The Labute approximate surface area is 136 Å². The molecule has 1 aromatic rings. The molecule has 7 nitrogen and oxygen atoms in total. The van der Waals surface area contributed by atoms with Gasteiger partial charge in [0.25, 0.3) is 5.91 Å². The summed E-state index contributed by atoms with van der Waals surface area (Å²) in [4.78, 5) is 23.4. The molecule has 0 aliphatic heterocycles. The van der Waals surface area contributed by atoms with Crippen LogP contribution in [0.15, 0.2) is 29.2 Å². The van der Waals surface area contributed by atoms with Crippen molar-refractivity contribution in [1.29, 1.82) is 0 Å². The normalized spacial score (nSPS) is 14.0. The molecule has 3 N–H and O–H groups in total. The van der Waals surface area contributed by atoms with E-state index in [1.54, 1.807) is 13.8 Å². The number of hydrogen-bond donors (Lipinski definition) is 3. The Balaban J connectivity index is 2.91. The zero-order valence-electron chi connectivity index (χ0n) is 13.4. The van der Waals surface area contributed by atoms with Crippen LogP contribution < -0.4 is 10.0 Å². The molecule has 128 valence electrons. The van der Waals surface area contributed by atoms with Crippen molar-refractivity contribution < 1.29 is 23.1 Å². The van der Waals surface area contributed by atoms with Gasteiger partial charge in [0.1, 0.15) is 6.04 Å². The molecule has 0 bridgehead atoms. The predicted molar refractivity (Wildman–Crippen MR) is 85.6 cm³/mol. The van der Waals surface area contributed by atoms with Crippen LogP contribution in [0.5, 0.6) is 0 Å². The minimum atomic E-state index is -3.58. The lowest BCUT2D eigenvalue weighted by Crippen LogP contribution is -2.45. The SMILES string of the molecule is CCNS(=O)(=O)c1ccc(C(=O)NC(C(=O)O)C(C)CC)cc1. The molecule has 2 unspecified atom stereocenters. The monoisotopic (exact) mass is 342 g/mol. The first kappa shape index (κ1) is 19.1. The maximum absolute atomic E-state index is 12.1. The minimum absolute atomic E-state index is 0.0487. The number of carbonyl (C=O) groups is 2. The molecular formula is C15H22N2O5S. The highest BCUT2D eigenvalue weighted by molar-refractivity contribution is 7.89. The molecule has 0 saturated heterocycles. The van der Waals surface area contributed by atoms with Gasteiger partial charge in [-0.25, -0.2) is 17.9 Å². The van der Waals surface area contributed by atoms with Crippen LogP contribution in [0.3, 0.4) is 0 Å². The standard InChI is InChI=1S/C15H22N2O5S/c1-4-10(3)13(15(19)20)17-14(18)11-6-8-12(9-7-11)23(21,22)16-5-2/h6-10,13,16H,4-5H2,1-3H3,(H,17,18)(H,19,20). The number of amides is 1. The number of nitrogens with one attached hydrogen (secondary N) is 2. The van der Waals surface area contributed by atoms with Gasteiger partial charge in [0, 0.05) is 12.1 Å². The van der Waals surface area contributed by atoms with E-state index in [4.69, 9.17) is 0 Å². The maximum Gasteiger partial charge on any atom is 0.326 e. The van der Waals surface area contributed by atoms with Crippen LogP contribution in [0, 0.1) is 5.92 Å². The first-order valence-corrected chi connectivity index (χ1v) is 8.84. The Bertz CT molecular complexity index is 655. The van der Waals surface area contributed by atoms with Crippen molar-refractivity contribution in [3.05, 3.63) is 29.8 Å². The lowest BCUT2D eigenvalue weighted by Gasteiger charge is -2.20. The van der Waals surface area contributed by atoms with Crippen LogP contribution in [0.2, 0.25) is 0 Å². The molecule has 0 spiro atoms. The average Bonchev–Trinajstić information content (AvgIpc) is 2.51. The number of rotatable bonds is 8. The fourth-order valence-electron chi connectivity index (χ4n) is 1.97. The van der Waals surface area contributed by atoms with Gasteiger partial charge in [-0.3, -0.25) is 4.79 Å². The minimum Gasteiger partial charge on any atom is -0.480 e. The summed E-state index contributed by atoms with van der Waals surface area (Å²) >= 11 is 0. The van der Waals surface area contributed by atoms with E-state index < -0.39 is 27.9 Å². The first-order chi connectivity index (χ1) is 10.7. The van der Waals surface area contributed by atoms with Crippen molar-refractivity contribution in [1.82, 2.24) is 10.0 Å². The van der Waals surface area contributed by atoms with Gasteiger partial charge in [-0.2, -0.15) is 0 Å². The van der Waals surface area contributed by atoms with Crippen molar-refractivity contribution in [3.63, 3.8) is 0 Å². The van der Waals surface area contributed by atoms with Gasteiger partial charge in [-0.1, -0.05) is 27.2 Å². The third-order valence-corrected chi connectivity index (χ3v) is 5.09. The number of carbonyl (C=O) groups excluding carboxylic acids is 1. The Morgan fingerprint density at radius 2 is 1.74 bits per heavy atom. The number of aliphatic carboxylic acids is 1. The van der Waals surface area contributed by atoms with Crippen LogP contribution >= 0.6 is 0 Å². The maximum atomic E-state index is 12.1. The largest absolute Gasteiger partial charge is 0.480 e. The summed E-state index contributed by atoms with van der Waals surface area (Å²) < 4.78 is 26.0. The zero-order valence-corrected chi connectivity index (χ0v) is 14.2. The molecule has 0 heterocycles. The Morgan fingerprint density at radius 1 is 1.17 bits per heavy atom. The molecule has 0 radical (unpaired) electrons. The molecule has 1 amide bonds. The van der Waals surface area contributed by atoms with E-state index in [9.17, 15) is 23.1 Å². The van der Waals surface area contributed by atoms with Crippen LogP contribution in [-0.2, 0) is 14.8 Å². The molecule has 2 atom stereocenters. The topological polar surface area (TPSA) is 113 Å². The third kappa shape index (κ3) is 5.04. The molecule has 0 saturated carbocycles. The van der Waals surface area contributed by atoms with Crippen molar-refractivity contribution in [2.24, 2.45) is 5.92 Å². The lowest BCUT2D eigenvalue weighted by atomic mass is 9.99. The van der Waals surface area contributed by atoms with Crippen molar-refractivity contribution in [3.8, 4) is 0 Å². The van der Waals surface area contributed by atoms with E-state index in [-0.39, 0.29) is 22.9 Å². The zero-order chi connectivity index (χ0) is 17.6. The summed E-state index contributed by atoms with van der Waals surface area (Å²) in [5.74, 6) is -1.87. The summed E-state index contributed by atoms with van der Waals surface area (Å²) in [6, 6.07) is 4.35. The Kier molecular flexibility index (Phi) is 6.71. The van der Waals surface area contributed by atoms with E-state index in [0.717, 1.165) is 0 Å². The van der Waals surface area contributed by atoms with Gasteiger partial charge >= 0.3 is 5.97 Å². The average molecular weight is 342 g/mol. The summed E-state index contributed by atoms with van der Waals surface area (Å²) in [5.41, 5.74) is 0.204. The molecule has 0 aliphatic rings.